The Kier molecular flexibility index (Phi) is 5.19. The molecule has 1 aliphatic carbocycles. The molecule has 1 aromatic rings. The molecule has 0 aromatic heterocycles. The van der Waals surface area contributed by atoms with Gasteiger partial charge in [0.05, 0.1) is 4.90 Å². The number of aliphatic imine (C=N–C) groups is 1. The van der Waals surface area contributed by atoms with E-state index in [1.807, 2.05) is 6.07 Å². The first-order chi connectivity index (χ1) is 9.99. The summed E-state index contributed by atoms with van der Waals surface area (Å²) in [6.45, 7) is 0.496. The molecule has 1 aromatic carbocycles. The van der Waals surface area contributed by atoms with E-state index in [1.54, 1.807) is 19.2 Å². The highest BCUT2D eigenvalue weighted by Crippen LogP contribution is 2.17. The van der Waals surface area contributed by atoms with Crippen LogP contribution in [-0.4, -0.2) is 27.5 Å². The standard InChI is InChI=1S/C14H22N4O2S/c1-16-14(18-12-6-2-3-7-12)17-10-11-5-4-8-13(9-11)21(15,19)20/h4-5,8-9,12H,2-3,6-7,10H2,1H3,(H2,15,19,20)(H2,16,17,18). The molecule has 21 heavy (non-hydrogen) atoms. The molecule has 0 atom stereocenters. The minimum absolute atomic E-state index is 0.125. The van der Waals surface area contributed by atoms with Gasteiger partial charge in [-0.3, -0.25) is 4.99 Å². The average Bonchev–Trinajstić information content (AvgIpc) is 2.95. The lowest BCUT2D eigenvalue weighted by atomic mass is 10.2. The van der Waals surface area contributed by atoms with E-state index in [0.29, 0.717) is 12.6 Å². The molecule has 0 radical (unpaired) electrons. The molecule has 2 rings (SSSR count). The lowest BCUT2D eigenvalue weighted by molar-refractivity contribution is 0.597. The van der Waals surface area contributed by atoms with Gasteiger partial charge in [-0.15, -0.1) is 0 Å². The first-order valence-corrected chi connectivity index (χ1v) is 8.62. The fraction of sp³-hybridized carbons (Fsp3) is 0.500. The monoisotopic (exact) mass is 310 g/mol. The number of rotatable bonds is 4. The van der Waals surface area contributed by atoms with Crippen LogP contribution in [0.4, 0.5) is 0 Å². The second kappa shape index (κ2) is 6.91. The Labute approximate surface area is 125 Å². The van der Waals surface area contributed by atoms with E-state index in [2.05, 4.69) is 15.6 Å². The zero-order valence-corrected chi connectivity index (χ0v) is 13.0. The number of nitrogens with one attached hydrogen (secondary N) is 2. The zero-order chi connectivity index (χ0) is 15.3. The van der Waals surface area contributed by atoms with Crippen molar-refractivity contribution in [1.82, 2.24) is 10.6 Å². The molecule has 0 amide bonds. The van der Waals surface area contributed by atoms with Gasteiger partial charge in [-0.1, -0.05) is 25.0 Å². The van der Waals surface area contributed by atoms with Crippen molar-refractivity contribution in [3.63, 3.8) is 0 Å². The fourth-order valence-electron chi connectivity index (χ4n) is 2.48. The van der Waals surface area contributed by atoms with E-state index in [0.717, 1.165) is 11.5 Å². The highest BCUT2D eigenvalue weighted by atomic mass is 32.2. The maximum Gasteiger partial charge on any atom is 0.238 e. The molecule has 6 nitrogen and oxygen atoms in total. The molecule has 0 saturated heterocycles. The van der Waals surface area contributed by atoms with Gasteiger partial charge in [0.1, 0.15) is 0 Å². The van der Waals surface area contributed by atoms with Crippen molar-refractivity contribution in [3.05, 3.63) is 29.8 Å². The van der Waals surface area contributed by atoms with Crippen molar-refractivity contribution in [3.8, 4) is 0 Å². The lowest BCUT2D eigenvalue weighted by Crippen LogP contribution is -2.41. The number of hydrogen-bond donors (Lipinski definition) is 3. The van der Waals surface area contributed by atoms with Gasteiger partial charge in [0.15, 0.2) is 5.96 Å². The van der Waals surface area contributed by atoms with Gasteiger partial charge in [-0.05, 0) is 30.5 Å². The SMILES string of the molecule is CN=C(NCc1cccc(S(N)(=O)=O)c1)NC1CCCC1. The van der Waals surface area contributed by atoms with E-state index in [4.69, 9.17) is 5.14 Å². The van der Waals surface area contributed by atoms with Crippen LogP contribution in [0.15, 0.2) is 34.2 Å². The fourth-order valence-corrected chi connectivity index (χ4v) is 3.06. The third kappa shape index (κ3) is 4.71. The second-order valence-electron chi connectivity index (χ2n) is 5.24. The Hall–Kier alpha value is -1.60. The smallest absolute Gasteiger partial charge is 0.238 e. The van der Waals surface area contributed by atoms with Gasteiger partial charge >= 0.3 is 0 Å². The molecule has 1 aliphatic rings. The minimum Gasteiger partial charge on any atom is -0.354 e. The topological polar surface area (TPSA) is 96.6 Å². The molecule has 0 bridgehead atoms. The van der Waals surface area contributed by atoms with Crippen molar-refractivity contribution in [2.75, 3.05) is 7.05 Å². The second-order valence-corrected chi connectivity index (χ2v) is 6.81. The third-order valence-corrected chi connectivity index (χ3v) is 4.52. The highest BCUT2D eigenvalue weighted by molar-refractivity contribution is 7.89. The summed E-state index contributed by atoms with van der Waals surface area (Å²) in [4.78, 5) is 4.31. The van der Waals surface area contributed by atoms with Crippen LogP contribution in [0.1, 0.15) is 31.2 Å². The summed E-state index contributed by atoms with van der Waals surface area (Å²) in [6.07, 6.45) is 4.85. The number of nitrogens with zero attached hydrogens (tertiary/aromatic N) is 1. The summed E-state index contributed by atoms with van der Waals surface area (Å²) in [5, 5.41) is 11.7. The van der Waals surface area contributed by atoms with Gasteiger partial charge in [0, 0.05) is 19.6 Å². The van der Waals surface area contributed by atoms with E-state index >= 15 is 0 Å². The zero-order valence-electron chi connectivity index (χ0n) is 12.2. The molecule has 4 N–H and O–H groups in total. The summed E-state index contributed by atoms with van der Waals surface area (Å²) in [5.41, 5.74) is 0.843. The number of guanidine groups is 1. The maximum absolute atomic E-state index is 11.3. The Bertz CT molecular complexity index is 607. The molecule has 0 aliphatic heterocycles. The van der Waals surface area contributed by atoms with Crippen LogP contribution in [0.2, 0.25) is 0 Å². The Balaban J connectivity index is 1.95. The summed E-state index contributed by atoms with van der Waals surface area (Å²) in [7, 11) is -1.93. The van der Waals surface area contributed by atoms with Crippen LogP contribution in [0.25, 0.3) is 0 Å². The predicted molar refractivity (Wildman–Crippen MR) is 83.4 cm³/mol. The Morgan fingerprint density at radius 3 is 2.71 bits per heavy atom. The van der Waals surface area contributed by atoms with Crippen LogP contribution in [0, 0.1) is 0 Å². The van der Waals surface area contributed by atoms with Crippen LogP contribution >= 0.6 is 0 Å². The van der Waals surface area contributed by atoms with Crippen molar-refractivity contribution >= 4 is 16.0 Å². The lowest BCUT2D eigenvalue weighted by Gasteiger charge is -2.17. The van der Waals surface area contributed by atoms with Crippen LogP contribution in [0.5, 0.6) is 0 Å². The molecule has 7 heteroatoms. The Morgan fingerprint density at radius 1 is 1.38 bits per heavy atom. The molecule has 0 heterocycles. The van der Waals surface area contributed by atoms with Gasteiger partial charge in [0.2, 0.25) is 10.0 Å². The Morgan fingerprint density at radius 2 is 2.10 bits per heavy atom. The van der Waals surface area contributed by atoms with Crippen molar-refractivity contribution in [2.24, 2.45) is 10.1 Å². The molecule has 1 saturated carbocycles. The van der Waals surface area contributed by atoms with Gasteiger partial charge < -0.3 is 10.6 Å². The van der Waals surface area contributed by atoms with Crippen molar-refractivity contribution in [2.45, 2.75) is 43.2 Å². The summed E-state index contributed by atoms with van der Waals surface area (Å²) in [6, 6.07) is 7.08. The number of primary sulfonamides is 1. The summed E-state index contributed by atoms with van der Waals surface area (Å²) >= 11 is 0. The number of sulfonamides is 1. The normalized spacial score (nSPS) is 17.0. The van der Waals surface area contributed by atoms with E-state index in [9.17, 15) is 8.42 Å². The molecule has 0 unspecified atom stereocenters. The predicted octanol–water partition coefficient (Wildman–Crippen LogP) is 0.942. The van der Waals surface area contributed by atoms with Crippen molar-refractivity contribution < 1.29 is 8.42 Å². The first-order valence-electron chi connectivity index (χ1n) is 7.08. The van der Waals surface area contributed by atoms with Gasteiger partial charge in [0.25, 0.3) is 0 Å². The molecular weight excluding hydrogens is 288 g/mol. The molecular formula is C14H22N4O2S. The summed E-state index contributed by atoms with van der Waals surface area (Å²) < 4.78 is 22.7. The first kappa shape index (κ1) is 15.8. The molecule has 116 valence electrons. The maximum atomic E-state index is 11.3. The van der Waals surface area contributed by atoms with Gasteiger partial charge in [-0.2, -0.15) is 0 Å². The van der Waals surface area contributed by atoms with E-state index in [-0.39, 0.29) is 4.90 Å². The number of hydrogen-bond acceptors (Lipinski definition) is 3. The quantitative estimate of drug-likeness (QED) is 0.569. The highest BCUT2D eigenvalue weighted by Gasteiger charge is 2.15. The molecule has 1 fully saturated rings. The number of benzene rings is 1. The largest absolute Gasteiger partial charge is 0.354 e. The van der Waals surface area contributed by atoms with Crippen LogP contribution in [-0.2, 0) is 16.6 Å². The van der Waals surface area contributed by atoms with Crippen LogP contribution < -0.4 is 15.8 Å². The minimum atomic E-state index is -3.66. The van der Waals surface area contributed by atoms with E-state index < -0.39 is 10.0 Å². The van der Waals surface area contributed by atoms with Crippen molar-refractivity contribution in [1.29, 1.82) is 0 Å². The van der Waals surface area contributed by atoms with Crippen LogP contribution in [0.3, 0.4) is 0 Å². The average molecular weight is 310 g/mol. The van der Waals surface area contributed by atoms with Gasteiger partial charge in [-0.25, -0.2) is 13.6 Å². The van der Waals surface area contributed by atoms with E-state index in [1.165, 1.54) is 31.7 Å². The third-order valence-electron chi connectivity index (χ3n) is 3.61. The summed E-state index contributed by atoms with van der Waals surface area (Å²) in [5.74, 6) is 0.739. The molecule has 0 spiro atoms. The number of nitrogens with two attached hydrogens (primary N) is 1.